The van der Waals surface area contributed by atoms with Crippen LogP contribution < -0.4 is 10.6 Å². The Kier molecular flexibility index (Phi) is 13.4. The Morgan fingerprint density at radius 1 is 1.33 bits per heavy atom. The second kappa shape index (κ2) is 13.7. The van der Waals surface area contributed by atoms with Gasteiger partial charge in [-0.3, -0.25) is 9.79 Å². The molecule has 1 fully saturated rings. The zero-order valence-corrected chi connectivity index (χ0v) is 17.7. The molecule has 0 spiro atoms. The third-order valence-corrected chi connectivity index (χ3v) is 4.27. The molecule has 1 aliphatic heterocycles. The predicted octanol–water partition coefficient (Wildman–Crippen LogP) is 1.97. The van der Waals surface area contributed by atoms with E-state index in [0.717, 1.165) is 57.8 Å². The average Bonchev–Trinajstić information content (AvgIpc) is 3.01. The highest BCUT2D eigenvalue weighted by atomic mass is 127. The summed E-state index contributed by atoms with van der Waals surface area (Å²) in [6.45, 7) is 9.47. The number of guanidine groups is 1. The molecular weight excluding hydrogens is 419 g/mol. The van der Waals surface area contributed by atoms with Crippen LogP contribution in [0, 0.1) is 5.92 Å². The second-order valence-electron chi connectivity index (χ2n) is 6.21. The summed E-state index contributed by atoms with van der Waals surface area (Å²) in [4.78, 5) is 18.4. The Balaban J connectivity index is 0.00000529. The highest BCUT2D eigenvalue weighted by molar-refractivity contribution is 14.0. The molecule has 0 radical (unpaired) electrons. The Bertz CT molecular complexity index is 374. The van der Waals surface area contributed by atoms with E-state index in [1.165, 1.54) is 0 Å². The van der Waals surface area contributed by atoms with Crippen LogP contribution in [0.5, 0.6) is 0 Å². The van der Waals surface area contributed by atoms with Gasteiger partial charge in [-0.25, -0.2) is 0 Å². The number of halogens is 1. The number of hydrogen-bond donors (Lipinski definition) is 3. The van der Waals surface area contributed by atoms with E-state index in [1.807, 2.05) is 11.8 Å². The van der Waals surface area contributed by atoms with Crippen molar-refractivity contribution in [1.29, 1.82) is 0 Å². The Hall–Kier alpha value is -0.570. The molecule has 2 atom stereocenters. The smallest absolute Gasteiger partial charge is 0.222 e. The molecule has 0 aromatic carbocycles. The zero-order valence-electron chi connectivity index (χ0n) is 15.4. The topological polar surface area (TPSA) is 77.0 Å². The Labute approximate surface area is 163 Å². The first kappa shape index (κ1) is 23.4. The summed E-state index contributed by atoms with van der Waals surface area (Å²) in [5.74, 6) is 1.48. The number of carbonyl (C=O) groups excluding carboxylic acids is 1. The number of rotatable bonds is 9. The fourth-order valence-corrected chi connectivity index (χ4v) is 2.98. The van der Waals surface area contributed by atoms with Crippen molar-refractivity contribution < 1.29 is 9.90 Å². The normalized spacial score (nSPS) is 18.9. The maximum atomic E-state index is 11.8. The van der Waals surface area contributed by atoms with Crippen molar-refractivity contribution in [2.45, 2.75) is 58.9 Å². The van der Waals surface area contributed by atoms with Gasteiger partial charge in [0, 0.05) is 45.2 Å². The summed E-state index contributed by atoms with van der Waals surface area (Å²) in [7, 11) is 0. The van der Waals surface area contributed by atoms with Gasteiger partial charge in [0.1, 0.15) is 0 Å². The lowest BCUT2D eigenvalue weighted by Gasteiger charge is -2.19. The maximum absolute atomic E-state index is 11.8. The van der Waals surface area contributed by atoms with Gasteiger partial charge in [0.25, 0.3) is 0 Å². The minimum absolute atomic E-state index is 0. The molecule has 0 saturated carbocycles. The maximum Gasteiger partial charge on any atom is 0.222 e. The molecule has 0 aliphatic carbocycles. The molecule has 0 bridgehead atoms. The van der Waals surface area contributed by atoms with Crippen LogP contribution in [0.4, 0.5) is 0 Å². The van der Waals surface area contributed by atoms with Gasteiger partial charge >= 0.3 is 0 Å². The number of nitrogens with zero attached hydrogens (tertiary/aromatic N) is 2. The number of hydrogen-bond acceptors (Lipinski definition) is 3. The van der Waals surface area contributed by atoms with Gasteiger partial charge in [-0.1, -0.05) is 20.3 Å². The quantitative estimate of drug-likeness (QED) is 0.283. The second-order valence-corrected chi connectivity index (χ2v) is 6.21. The van der Waals surface area contributed by atoms with E-state index in [9.17, 15) is 4.79 Å². The van der Waals surface area contributed by atoms with Crippen molar-refractivity contribution >= 4 is 35.8 Å². The van der Waals surface area contributed by atoms with Crippen molar-refractivity contribution in [1.82, 2.24) is 15.5 Å². The van der Waals surface area contributed by atoms with E-state index in [0.29, 0.717) is 12.3 Å². The van der Waals surface area contributed by atoms with Crippen molar-refractivity contribution in [3.8, 4) is 0 Å². The molecule has 1 rings (SSSR count). The van der Waals surface area contributed by atoms with Crippen molar-refractivity contribution in [3.63, 3.8) is 0 Å². The Morgan fingerprint density at radius 2 is 2.08 bits per heavy atom. The zero-order chi connectivity index (χ0) is 17.1. The summed E-state index contributed by atoms with van der Waals surface area (Å²) in [6.07, 6.45) is 4.54. The molecule has 1 aliphatic rings. The number of likely N-dealkylation sites (tertiary alicyclic amines) is 1. The number of nitrogens with one attached hydrogen (secondary N) is 2. The van der Waals surface area contributed by atoms with Gasteiger partial charge in [0.15, 0.2) is 5.96 Å². The largest absolute Gasteiger partial charge is 0.396 e. The monoisotopic (exact) mass is 454 g/mol. The van der Waals surface area contributed by atoms with Crippen LogP contribution in [0.25, 0.3) is 0 Å². The molecule has 7 heteroatoms. The SMILES string of the molecule is CCCC(CCO)CN=C(NCC)NC1CCN(C(=O)CC)C1.I. The fraction of sp³-hybridized carbons (Fsp3) is 0.882. The molecule has 1 heterocycles. The van der Waals surface area contributed by atoms with E-state index in [2.05, 4.69) is 29.5 Å². The van der Waals surface area contributed by atoms with Gasteiger partial charge in [-0.05, 0) is 32.1 Å². The number of aliphatic imine (C=N–C) groups is 1. The van der Waals surface area contributed by atoms with E-state index >= 15 is 0 Å². The molecule has 24 heavy (non-hydrogen) atoms. The molecule has 6 nitrogen and oxygen atoms in total. The third kappa shape index (κ3) is 8.50. The third-order valence-electron chi connectivity index (χ3n) is 4.27. The van der Waals surface area contributed by atoms with Gasteiger partial charge in [0.2, 0.25) is 5.91 Å². The molecule has 142 valence electrons. The van der Waals surface area contributed by atoms with E-state index in [1.54, 1.807) is 0 Å². The van der Waals surface area contributed by atoms with Crippen LogP contribution in [0.1, 0.15) is 52.9 Å². The number of aliphatic hydroxyl groups excluding tert-OH is 1. The minimum Gasteiger partial charge on any atom is -0.396 e. The fourth-order valence-electron chi connectivity index (χ4n) is 2.98. The average molecular weight is 454 g/mol. The van der Waals surface area contributed by atoms with Crippen molar-refractivity contribution in [2.75, 3.05) is 32.8 Å². The van der Waals surface area contributed by atoms with Crippen LogP contribution in [0.3, 0.4) is 0 Å². The first-order valence-electron chi connectivity index (χ1n) is 9.07. The van der Waals surface area contributed by atoms with Crippen LogP contribution in [-0.4, -0.2) is 60.7 Å². The van der Waals surface area contributed by atoms with Crippen molar-refractivity contribution in [3.05, 3.63) is 0 Å². The molecule has 2 unspecified atom stereocenters. The van der Waals surface area contributed by atoms with Crippen LogP contribution >= 0.6 is 24.0 Å². The first-order chi connectivity index (χ1) is 11.1. The highest BCUT2D eigenvalue weighted by Crippen LogP contribution is 2.12. The lowest BCUT2D eigenvalue weighted by Crippen LogP contribution is -2.45. The standard InChI is InChI=1S/C17H34N4O2.HI/c1-4-7-14(9-11-22)12-19-17(18-6-3)20-15-8-10-21(13-15)16(23)5-2;/h14-15,22H,4-13H2,1-3H3,(H2,18,19,20);1H. The van der Waals surface area contributed by atoms with E-state index < -0.39 is 0 Å². The van der Waals surface area contributed by atoms with E-state index in [-0.39, 0.29) is 42.5 Å². The van der Waals surface area contributed by atoms with Gasteiger partial charge in [0.05, 0.1) is 0 Å². The number of carbonyl (C=O) groups is 1. The van der Waals surface area contributed by atoms with Gasteiger partial charge < -0.3 is 20.6 Å². The van der Waals surface area contributed by atoms with Crippen molar-refractivity contribution in [2.24, 2.45) is 10.9 Å². The lowest BCUT2D eigenvalue weighted by atomic mass is 10.0. The molecule has 0 aromatic heterocycles. The first-order valence-corrected chi connectivity index (χ1v) is 9.07. The molecule has 0 aromatic rings. The summed E-state index contributed by atoms with van der Waals surface area (Å²) in [5, 5.41) is 15.9. The Morgan fingerprint density at radius 3 is 2.67 bits per heavy atom. The summed E-state index contributed by atoms with van der Waals surface area (Å²) in [6, 6.07) is 0.269. The lowest BCUT2D eigenvalue weighted by molar-refractivity contribution is -0.129. The molecule has 3 N–H and O–H groups in total. The molecule has 1 saturated heterocycles. The summed E-state index contributed by atoms with van der Waals surface area (Å²) < 4.78 is 0. The van der Waals surface area contributed by atoms with Gasteiger partial charge in [-0.2, -0.15) is 0 Å². The highest BCUT2D eigenvalue weighted by Gasteiger charge is 2.25. The van der Waals surface area contributed by atoms with Gasteiger partial charge in [-0.15, -0.1) is 24.0 Å². The van der Waals surface area contributed by atoms with Crippen LogP contribution in [0.15, 0.2) is 4.99 Å². The summed E-state index contributed by atoms with van der Waals surface area (Å²) >= 11 is 0. The number of aliphatic hydroxyl groups is 1. The van der Waals surface area contributed by atoms with Crippen LogP contribution in [0.2, 0.25) is 0 Å². The number of amides is 1. The molecule has 1 amide bonds. The minimum atomic E-state index is 0. The van der Waals surface area contributed by atoms with E-state index in [4.69, 9.17) is 5.11 Å². The van der Waals surface area contributed by atoms with Crippen LogP contribution in [-0.2, 0) is 4.79 Å². The molecular formula is C17H35IN4O2. The predicted molar refractivity (Wildman–Crippen MR) is 110 cm³/mol. The summed E-state index contributed by atoms with van der Waals surface area (Å²) in [5.41, 5.74) is 0.